The predicted molar refractivity (Wildman–Crippen MR) is 89.4 cm³/mol. The minimum Gasteiger partial charge on any atom is -0.372 e. The number of nitrogens with zero attached hydrogens (tertiary/aromatic N) is 2. The molecule has 1 saturated carbocycles. The van der Waals surface area contributed by atoms with E-state index in [1.807, 2.05) is 7.05 Å². The number of hydrogen-bond donors (Lipinski definition) is 1. The smallest absolute Gasteiger partial charge is 0.163 e. The van der Waals surface area contributed by atoms with Crippen LogP contribution in [0.25, 0.3) is 11.4 Å². The maximum Gasteiger partial charge on any atom is 0.163 e. The van der Waals surface area contributed by atoms with Crippen LogP contribution in [0.4, 0.5) is 10.2 Å². The second-order valence-electron chi connectivity index (χ2n) is 4.74. The van der Waals surface area contributed by atoms with Gasteiger partial charge in [0, 0.05) is 23.0 Å². The summed E-state index contributed by atoms with van der Waals surface area (Å²) in [6, 6.07) is 4.56. The molecule has 6 heteroatoms. The van der Waals surface area contributed by atoms with Crippen molar-refractivity contribution in [3.63, 3.8) is 0 Å². The van der Waals surface area contributed by atoms with Crippen molar-refractivity contribution in [2.24, 2.45) is 0 Å². The molecule has 0 radical (unpaired) electrons. The van der Waals surface area contributed by atoms with Crippen LogP contribution >= 0.6 is 38.5 Å². The maximum absolute atomic E-state index is 13.5. The summed E-state index contributed by atoms with van der Waals surface area (Å²) in [6.07, 6.45) is 2.33. The van der Waals surface area contributed by atoms with Gasteiger partial charge in [-0.1, -0.05) is 15.9 Å². The quantitative estimate of drug-likeness (QED) is 0.700. The Bertz CT molecular complexity index is 674. The third kappa shape index (κ3) is 2.67. The number of hydrogen-bond acceptors (Lipinski definition) is 3. The summed E-state index contributed by atoms with van der Waals surface area (Å²) in [7, 11) is 1.84. The molecule has 2 aromatic rings. The van der Waals surface area contributed by atoms with E-state index >= 15 is 0 Å². The first-order chi connectivity index (χ1) is 9.60. The fourth-order valence-corrected chi connectivity index (χ4v) is 3.42. The molecule has 104 valence electrons. The van der Waals surface area contributed by atoms with Gasteiger partial charge in [-0.15, -0.1) is 0 Å². The first-order valence-corrected chi connectivity index (χ1v) is 8.18. The lowest BCUT2D eigenvalue weighted by Gasteiger charge is -2.11. The van der Waals surface area contributed by atoms with Crippen LogP contribution in [0.5, 0.6) is 0 Å². The van der Waals surface area contributed by atoms with Crippen LogP contribution in [-0.2, 0) is 0 Å². The van der Waals surface area contributed by atoms with Crippen molar-refractivity contribution >= 4 is 44.3 Å². The minimum atomic E-state index is -0.288. The maximum atomic E-state index is 13.5. The topological polar surface area (TPSA) is 37.8 Å². The Morgan fingerprint density at radius 2 is 2.10 bits per heavy atom. The van der Waals surface area contributed by atoms with Gasteiger partial charge in [0.05, 0.1) is 9.26 Å². The molecule has 1 aromatic heterocycles. The normalized spacial score (nSPS) is 14.4. The molecule has 0 spiro atoms. The van der Waals surface area contributed by atoms with Crippen LogP contribution in [-0.4, -0.2) is 17.0 Å². The molecule has 0 aliphatic heterocycles. The van der Waals surface area contributed by atoms with Gasteiger partial charge in [-0.25, -0.2) is 14.4 Å². The van der Waals surface area contributed by atoms with Crippen molar-refractivity contribution in [3.8, 4) is 11.4 Å². The van der Waals surface area contributed by atoms with Crippen LogP contribution in [0.15, 0.2) is 22.7 Å². The molecule has 1 heterocycles. The molecule has 0 atom stereocenters. The Morgan fingerprint density at radius 3 is 2.75 bits per heavy atom. The average molecular weight is 448 g/mol. The SMILES string of the molecule is CNc1nc(-c2cc(F)ccc2Br)nc(C2CC2)c1I. The second-order valence-corrected chi connectivity index (χ2v) is 6.68. The molecule has 1 aromatic carbocycles. The van der Waals surface area contributed by atoms with Crippen LogP contribution < -0.4 is 5.32 Å². The first kappa shape index (κ1) is 14.2. The van der Waals surface area contributed by atoms with E-state index in [2.05, 4.69) is 53.8 Å². The zero-order valence-corrected chi connectivity index (χ0v) is 14.5. The van der Waals surface area contributed by atoms with Gasteiger partial charge in [0.2, 0.25) is 0 Å². The van der Waals surface area contributed by atoms with E-state index in [1.165, 1.54) is 25.0 Å². The van der Waals surface area contributed by atoms with Gasteiger partial charge in [-0.2, -0.15) is 0 Å². The highest BCUT2D eigenvalue weighted by Gasteiger charge is 2.29. The van der Waals surface area contributed by atoms with Gasteiger partial charge in [-0.3, -0.25) is 0 Å². The lowest BCUT2D eigenvalue weighted by atomic mass is 10.2. The van der Waals surface area contributed by atoms with Gasteiger partial charge in [-0.05, 0) is 53.6 Å². The summed E-state index contributed by atoms with van der Waals surface area (Å²) in [4.78, 5) is 9.17. The summed E-state index contributed by atoms with van der Waals surface area (Å²) in [6.45, 7) is 0. The highest BCUT2D eigenvalue weighted by Crippen LogP contribution is 2.43. The van der Waals surface area contributed by atoms with Crippen molar-refractivity contribution in [2.75, 3.05) is 12.4 Å². The fraction of sp³-hybridized carbons (Fsp3) is 0.286. The lowest BCUT2D eigenvalue weighted by Crippen LogP contribution is -2.05. The molecule has 0 bridgehead atoms. The Labute approximate surface area is 138 Å². The number of aromatic nitrogens is 2. The summed E-state index contributed by atoms with van der Waals surface area (Å²) >= 11 is 5.71. The molecule has 1 aliphatic rings. The minimum absolute atomic E-state index is 0.288. The summed E-state index contributed by atoms with van der Waals surface area (Å²) in [5.41, 5.74) is 1.75. The lowest BCUT2D eigenvalue weighted by molar-refractivity contribution is 0.628. The third-order valence-electron chi connectivity index (χ3n) is 3.25. The van der Waals surface area contributed by atoms with Gasteiger partial charge < -0.3 is 5.32 Å². The van der Waals surface area contributed by atoms with Crippen LogP contribution in [0.3, 0.4) is 0 Å². The van der Waals surface area contributed by atoms with Crippen LogP contribution in [0, 0.1) is 9.39 Å². The first-order valence-electron chi connectivity index (χ1n) is 6.30. The zero-order valence-electron chi connectivity index (χ0n) is 10.8. The van der Waals surface area contributed by atoms with E-state index in [-0.39, 0.29) is 5.82 Å². The fourth-order valence-electron chi connectivity index (χ4n) is 2.05. The Kier molecular flexibility index (Phi) is 3.94. The summed E-state index contributed by atoms with van der Waals surface area (Å²) < 4.78 is 15.3. The molecular weight excluding hydrogens is 436 g/mol. The van der Waals surface area contributed by atoms with E-state index in [4.69, 9.17) is 0 Å². The molecule has 0 amide bonds. The van der Waals surface area contributed by atoms with Gasteiger partial charge >= 0.3 is 0 Å². The predicted octanol–water partition coefficient (Wildman–Crippen LogP) is 4.57. The second kappa shape index (κ2) is 5.55. The standard InChI is InChI=1S/C14H12BrFIN3/c1-18-14-11(17)12(7-2-3-7)19-13(20-14)9-6-8(16)4-5-10(9)15/h4-7H,2-3H2,1H3,(H,18,19,20). The third-order valence-corrected chi connectivity index (χ3v) is 5.00. The number of nitrogens with one attached hydrogen (secondary N) is 1. The van der Waals surface area contributed by atoms with Crippen molar-refractivity contribution in [1.29, 1.82) is 0 Å². The summed E-state index contributed by atoms with van der Waals surface area (Å²) in [5.74, 6) is 1.59. The van der Waals surface area contributed by atoms with Crippen molar-refractivity contribution in [2.45, 2.75) is 18.8 Å². The van der Waals surface area contributed by atoms with E-state index in [0.29, 0.717) is 17.3 Å². The monoisotopic (exact) mass is 447 g/mol. The highest BCUT2D eigenvalue weighted by atomic mass is 127. The molecule has 3 rings (SSSR count). The van der Waals surface area contributed by atoms with E-state index in [1.54, 1.807) is 6.07 Å². The molecule has 1 fully saturated rings. The van der Waals surface area contributed by atoms with E-state index in [0.717, 1.165) is 19.6 Å². The molecule has 0 saturated heterocycles. The molecule has 3 nitrogen and oxygen atoms in total. The summed E-state index contributed by atoms with van der Waals surface area (Å²) in [5, 5.41) is 3.09. The molecule has 20 heavy (non-hydrogen) atoms. The molecular formula is C14H12BrFIN3. The van der Waals surface area contributed by atoms with E-state index in [9.17, 15) is 4.39 Å². The highest BCUT2D eigenvalue weighted by molar-refractivity contribution is 14.1. The Hall–Kier alpha value is -0.760. The van der Waals surface area contributed by atoms with Gasteiger partial charge in [0.15, 0.2) is 5.82 Å². The number of halogens is 3. The zero-order chi connectivity index (χ0) is 14.3. The number of benzene rings is 1. The van der Waals surface area contributed by atoms with Crippen molar-refractivity contribution in [3.05, 3.63) is 37.8 Å². The Balaban J connectivity index is 2.18. The van der Waals surface area contributed by atoms with E-state index < -0.39 is 0 Å². The molecule has 1 aliphatic carbocycles. The largest absolute Gasteiger partial charge is 0.372 e. The molecule has 1 N–H and O–H groups in total. The van der Waals surface area contributed by atoms with Crippen LogP contribution in [0.2, 0.25) is 0 Å². The van der Waals surface area contributed by atoms with Crippen molar-refractivity contribution in [1.82, 2.24) is 9.97 Å². The van der Waals surface area contributed by atoms with Gasteiger partial charge in [0.25, 0.3) is 0 Å². The van der Waals surface area contributed by atoms with Crippen molar-refractivity contribution < 1.29 is 4.39 Å². The van der Waals surface area contributed by atoms with Gasteiger partial charge in [0.1, 0.15) is 11.6 Å². The number of rotatable bonds is 3. The Morgan fingerprint density at radius 1 is 1.35 bits per heavy atom. The average Bonchev–Trinajstić information content (AvgIpc) is 3.26. The van der Waals surface area contributed by atoms with Crippen LogP contribution in [0.1, 0.15) is 24.5 Å². The molecule has 0 unspecified atom stereocenters. The number of anilines is 1.